The fraction of sp³-hybridized carbons (Fsp3) is 0.769. The minimum absolute atomic E-state index is 0.0190. The van der Waals surface area contributed by atoms with Crippen LogP contribution in [0.25, 0.3) is 0 Å². The Morgan fingerprint density at radius 1 is 1.53 bits per heavy atom. The van der Waals surface area contributed by atoms with Crippen LogP contribution in [-0.2, 0) is 11.3 Å². The molecule has 1 aliphatic heterocycles. The molecule has 1 saturated carbocycles. The molecule has 17 heavy (non-hydrogen) atoms. The molecule has 0 amide bonds. The highest BCUT2D eigenvalue weighted by Crippen LogP contribution is 2.43. The molecule has 1 unspecified atom stereocenters. The summed E-state index contributed by atoms with van der Waals surface area (Å²) in [6.07, 6.45) is 8.99. The second-order valence-electron chi connectivity index (χ2n) is 5.14. The molecule has 1 aromatic heterocycles. The number of aromatic nitrogens is 2. The van der Waals surface area contributed by atoms with Crippen LogP contribution in [0, 0.1) is 0 Å². The van der Waals surface area contributed by atoms with E-state index in [0.717, 1.165) is 25.4 Å². The third kappa shape index (κ3) is 1.89. The third-order valence-corrected chi connectivity index (χ3v) is 4.13. The van der Waals surface area contributed by atoms with Gasteiger partial charge in [-0.05, 0) is 19.8 Å². The largest absolute Gasteiger partial charge is 0.372 e. The van der Waals surface area contributed by atoms with Crippen LogP contribution in [0.15, 0.2) is 12.5 Å². The molecule has 94 valence electrons. The monoisotopic (exact) mass is 235 g/mol. The summed E-state index contributed by atoms with van der Waals surface area (Å²) >= 11 is 0. The molecule has 1 atom stereocenters. The molecular formula is C13H21N3O. The Morgan fingerprint density at radius 2 is 2.35 bits per heavy atom. The van der Waals surface area contributed by atoms with Gasteiger partial charge in [-0.3, -0.25) is 0 Å². The predicted molar refractivity (Wildman–Crippen MR) is 65.8 cm³/mol. The summed E-state index contributed by atoms with van der Waals surface area (Å²) < 4.78 is 8.26. The van der Waals surface area contributed by atoms with Gasteiger partial charge in [0.1, 0.15) is 0 Å². The summed E-state index contributed by atoms with van der Waals surface area (Å²) in [5.74, 6) is 0. The fourth-order valence-corrected chi connectivity index (χ4v) is 3.21. The lowest BCUT2D eigenvalue weighted by molar-refractivity contribution is -0.0944. The van der Waals surface area contributed by atoms with Crippen molar-refractivity contribution in [3.8, 4) is 0 Å². The summed E-state index contributed by atoms with van der Waals surface area (Å²) in [7, 11) is 0. The number of aryl methyl sites for hydroxylation is 1. The van der Waals surface area contributed by atoms with Crippen LogP contribution < -0.4 is 5.32 Å². The Hall–Kier alpha value is -0.870. The topological polar surface area (TPSA) is 39.1 Å². The first-order valence-electron chi connectivity index (χ1n) is 6.73. The van der Waals surface area contributed by atoms with Gasteiger partial charge in [0.15, 0.2) is 0 Å². The van der Waals surface area contributed by atoms with Crippen LogP contribution in [0.1, 0.15) is 44.3 Å². The van der Waals surface area contributed by atoms with Gasteiger partial charge in [0.25, 0.3) is 0 Å². The Labute approximate surface area is 102 Å². The molecule has 2 fully saturated rings. The Balaban J connectivity index is 1.88. The second kappa shape index (κ2) is 4.42. The van der Waals surface area contributed by atoms with Crippen molar-refractivity contribution < 1.29 is 4.74 Å². The van der Waals surface area contributed by atoms with E-state index in [0.29, 0.717) is 0 Å². The minimum Gasteiger partial charge on any atom is -0.372 e. The molecule has 0 radical (unpaired) electrons. The van der Waals surface area contributed by atoms with Crippen LogP contribution >= 0.6 is 0 Å². The SMILES string of the molecule is CCn1cnc(C2NCCOC23CCCC3)c1. The zero-order valence-electron chi connectivity index (χ0n) is 10.5. The zero-order valence-corrected chi connectivity index (χ0v) is 10.5. The van der Waals surface area contributed by atoms with E-state index in [9.17, 15) is 0 Å². The van der Waals surface area contributed by atoms with Crippen LogP contribution in [0.3, 0.4) is 0 Å². The number of hydrogen-bond acceptors (Lipinski definition) is 3. The van der Waals surface area contributed by atoms with Gasteiger partial charge in [-0.15, -0.1) is 0 Å². The average molecular weight is 235 g/mol. The molecule has 3 rings (SSSR count). The van der Waals surface area contributed by atoms with E-state index in [4.69, 9.17) is 4.74 Å². The fourth-order valence-electron chi connectivity index (χ4n) is 3.21. The Morgan fingerprint density at radius 3 is 3.06 bits per heavy atom. The highest BCUT2D eigenvalue weighted by atomic mass is 16.5. The van der Waals surface area contributed by atoms with Crippen LogP contribution in [-0.4, -0.2) is 28.3 Å². The van der Waals surface area contributed by atoms with Crippen LogP contribution in [0.5, 0.6) is 0 Å². The summed E-state index contributed by atoms with van der Waals surface area (Å²) in [6.45, 7) is 4.89. The van der Waals surface area contributed by atoms with Crippen molar-refractivity contribution in [1.29, 1.82) is 0 Å². The van der Waals surface area contributed by atoms with Crippen molar-refractivity contribution in [2.75, 3.05) is 13.2 Å². The number of imidazole rings is 1. The zero-order chi connectivity index (χ0) is 11.7. The van der Waals surface area contributed by atoms with Crippen molar-refractivity contribution in [2.24, 2.45) is 0 Å². The molecule has 0 bridgehead atoms. The van der Waals surface area contributed by atoms with Crippen molar-refractivity contribution in [1.82, 2.24) is 14.9 Å². The normalized spacial score (nSPS) is 27.7. The van der Waals surface area contributed by atoms with Crippen LogP contribution in [0.2, 0.25) is 0 Å². The molecule has 4 nitrogen and oxygen atoms in total. The van der Waals surface area contributed by atoms with Crippen LogP contribution in [0.4, 0.5) is 0 Å². The lowest BCUT2D eigenvalue weighted by Gasteiger charge is -2.41. The maximum absolute atomic E-state index is 6.12. The van der Waals surface area contributed by atoms with Gasteiger partial charge in [-0.2, -0.15) is 0 Å². The predicted octanol–water partition coefficient (Wildman–Crippen LogP) is 1.88. The first kappa shape index (κ1) is 11.2. The molecular weight excluding hydrogens is 214 g/mol. The summed E-state index contributed by atoms with van der Waals surface area (Å²) in [4.78, 5) is 4.55. The van der Waals surface area contributed by atoms with E-state index in [1.807, 2.05) is 6.33 Å². The van der Waals surface area contributed by atoms with E-state index < -0.39 is 0 Å². The number of ether oxygens (including phenoxy) is 1. The number of rotatable bonds is 2. The molecule has 0 aromatic carbocycles. The summed E-state index contributed by atoms with van der Waals surface area (Å²) in [5, 5.41) is 3.60. The highest BCUT2D eigenvalue weighted by molar-refractivity contribution is 5.14. The molecule has 1 aliphatic carbocycles. The molecule has 2 aliphatic rings. The lowest BCUT2D eigenvalue weighted by Crippen LogP contribution is -2.50. The van der Waals surface area contributed by atoms with Crippen molar-refractivity contribution in [3.63, 3.8) is 0 Å². The van der Waals surface area contributed by atoms with Gasteiger partial charge < -0.3 is 14.6 Å². The summed E-state index contributed by atoms with van der Waals surface area (Å²) in [5.41, 5.74) is 1.17. The van der Waals surface area contributed by atoms with Crippen molar-refractivity contribution in [2.45, 2.75) is 50.8 Å². The smallest absolute Gasteiger partial charge is 0.0950 e. The average Bonchev–Trinajstić information content (AvgIpc) is 3.00. The number of nitrogens with zero attached hydrogens (tertiary/aromatic N) is 2. The number of nitrogens with one attached hydrogen (secondary N) is 1. The first-order chi connectivity index (χ1) is 8.34. The Bertz CT molecular complexity index is 382. The van der Waals surface area contributed by atoms with E-state index in [-0.39, 0.29) is 11.6 Å². The molecule has 2 heterocycles. The number of hydrogen-bond donors (Lipinski definition) is 1. The molecule has 1 saturated heterocycles. The maximum Gasteiger partial charge on any atom is 0.0950 e. The van der Waals surface area contributed by atoms with Crippen molar-refractivity contribution >= 4 is 0 Å². The second-order valence-corrected chi connectivity index (χ2v) is 5.14. The Kier molecular flexibility index (Phi) is 2.92. The standard InChI is InChI=1S/C13H21N3O/c1-2-16-9-11(15-10-16)12-13(5-3-4-6-13)17-8-7-14-12/h9-10,12,14H,2-8H2,1H3. The van der Waals surface area contributed by atoms with Gasteiger partial charge >= 0.3 is 0 Å². The minimum atomic E-state index is 0.0190. The quantitative estimate of drug-likeness (QED) is 0.850. The van der Waals surface area contributed by atoms with Gasteiger partial charge in [-0.25, -0.2) is 4.98 Å². The third-order valence-electron chi connectivity index (χ3n) is 4.13. The van der Waals surface area contributed by atoms with E-state index in [1.165, 1.54) is 25.7 Å². The van der Waals surface area contributed by atoms with E-state index in [1.54, 1.807) is 0 Å². The molecule has 1 N–H and O–H groups in total. The maximum atomic E-state index is 6.12. The van der Waals surface area contributed by atoms with Gasteiger partial charge in [0.05, 0.1) is 30.3 Å². The lowest BCUT2D eigenvalue weighted by atomic mass is 9.88. The van der Waals surface area contributed by atoms with Gasteiger partial charge in [0, 0.05) is 19.3 Å². The van der Waals surface area contributed by atoms with Crippen molar-refractivity contribution in [3.05, 3.63) is 18.2 Å². The molecule has 1 aromatic rings. The first-order valence-corrected chi connectivity index (χ1v) is 6.73. The van der Waals surface area contributed by atoms with E-state index >= 15 is 0 Å². The van der Waals surface area contributed by atoms with Gasteiger partial charge in [0.2, 0.25) is 0 Å². The highest BCUT2D eigenvalue weighted by Gasteiger charge is 2.45. The van der Waals surface area contributed by atoms with Gasteiger partial charge in [-0.1, -0.05) is 12.8 Å². The molecule has 1 spiro atoms. The molecule has 4 heteroatoms. The number of morpholine rings is 1. The summed E-state index contributed by atoms with van der Waals surface area (Å²) in [6, 6.07) is 0.284. The van der Waals surface area contributed by atoms with E-state index in [2.05, 4.69) is 28.0 Å².